The number of aromatic nitrogens is 1. The van der Waals surface area contributed by atoms with Crippen LogP contribution in [0.3, 0.4) is 0 Å². The van der Waals surface area contributed by atoms with Crippen LogP contribution in [0, 0.1) is 18.6 Å². The van der Waals surface area contributed by atoms with Crippen LogP contribution in [0.2, 0.25) is 0 Å². The van der Waals surface area contributed by atoms with Crippen molar-refractivity contribution in [3.05, 3.63) is 65.2 Å². The zero-order chi connectivity index (χ0) is 26.0. The second-order valence-electron chi connectivity index (χ2n) is 8.63. The van der Waals surface area contributed by atoms with Crippen LogP contribution in [-0.4, -0.2) is 35.1 Å². The molecule has 190 valence electrons. The highest BCUT2D eigenvalue weighted by atomic mass is 19.4. The molecular weight excluding hydrogens is 485 g/mol. The first-order valence-corrected chi connectivity index (χ1v) is 11.2. The highest BCUT2D eigenvalue weighted by Crippen LogP contribution is 2.29. The van der Waals surface area contributed by atoms with E-state index in [1.165, 1.54) is 0 Å². The third kappa shape index (κ3) is 5.55. The minimum Gasteiger partial charge on any atom is -0.416 e. The molecule has 0 spiro atoms. The number of carbonyl (C=O) groups is 2. The van der Waals surface area contributed by atoms with E-state index in [4.69, 9.17) is 0 Å². The van der Waals surface area contributed by atoms with Crippen molar-refractivity contribution < 1.29 is 36.3 Å². The number of nitrogens with one attached hydrogen (secondary N) is 2. The molecule has 1 aliphatic rings. The minimum atomic E-state index is -5.45. The molecule has 1 heterocycles. The van der Waals surface area contributed by atoms with E-state index in [0.717, 1.165) is 28.4 Å². The lowest BCUT2D eigenvalue weighted by Gasteiger charge is -2.30. The van der Waals surface area contributed by atoms with Gasteiger partial charge in [0.15, 0.2) is 11.6 Å². The Morgan fingerprint density at radius 1 is 1.00 bits per heavy atom. The number of halogens is 5. The number of ether oxygens (including phenoxy) is 1. The maximum atomic E-state index is 14.1. The van der Waals surface area contributed by atoms with Crippen molar-refractivity contribution in [1.82, 2.24) is 10.3 Å². The van der Waals surface area contributed by atoms with Crippen LogP contribution in [0.4, 0.5) is 27.8 Å². The molecule has 0 radical (unpaired) electrons. The van der Waals surface area contributed by atoms with Crippen molar-refractivity contribution in [2.24, 2.45) is 0 Å². The summed E-state index contributed by atoms with van der Waals surface area (Å²) >= 11 is 0. The van der Waals surface area contributed by atoms with Gasteiger partial charge < -0.3 is 15.4 Å². The Morgan fingerprint density at radius 3 is 2.36 bits per heavy atom. The largest absolute Gasteiger partial charge is 0.491 e. The van der Waals surface area contributed by atoms with Crippen molar-refractivity contribution in [2.75, 3.05) is 5.32 Å². The molecule has 3 aromatic rings. The van der Waals surface area contributed by atoms with E-state index in [2.05, 4.69) is 20.4 Å². The first-order chi connectivity index (χ1) is 17.0. The van der Waals surface area contributed by atoms with Crippen molar-refractivity contribution in [3.63, 3.8) is 0 Å². The molecule has 1 aliphatic carbocycles. The molecule has 4 rings (SSSR count). The molecule has 1 aromatic heterocycles. The summed E-state index contributed by atoms with van der Waals surface area (Å²) in [6.45, 7) is 2.00. The number of carbonyl (C=O) groups excluding carboxylic acids is 2. The molecule has 0 saturated heterocycles. The summed E-state index contributed by atoms with van der Waals surface area (Å²) in [5, 5.41) is 7.07. The first-order valence-electron chi connectivity index (χ1n) is 11.2. The van der Waals surface area contributed by atoms with Crippen LogP contribution < -0.4 is 15.4 Å². The molecule has 11 heteroatoms. The molecule has 1 amide bonds. The number of esters is 1. The SMILES string of the molecule is Cc1cc(NC2CCC(NC(=O)c3ccc(F)c(F)c3OC(=O)C(F)(F)F)CC2)nc2ccccc12. The molecule has 0 unspecified atom stereocenters. The lowest BCUT2D eigenvalue weighted by atomic mass is 9.91. The summed E-state index contributed by atoms with van der Waals surface area (Å²) in [4.78, 5) is 28.5. The molecular formula is C25H22F5N3O3. The molecule has 36 heavy (non-hydrogen) atoms. The van der Waals surface area contributed by atoms with Crippen molar-refractivity contribution in [1.29, 1.82) is 0 Å². The third-order valence-electron chi connectivity index (χ3n) is 6.06. The van der Waals surface area contributed by atoms with E-state index in [1.54, 1.807) is 0 Å². The molecule has 1 saturated carbocycles. The summed E-state index contributed by atoms with van der Waals surface area (Å²) < 4.78 is 69.4. The van der Waals surface area contributed by atoms with Crippen molar-refractivity contribution in [2.45, 2.75) is 50.9 Å². The van der Waals surface area contributed by atoms with Crippen molar-refractivity contribution in [3.8, 4) is 5.75 Å². The Balaban J connectivity index is 1.39. The zero-order valence-corrected chi connectivity index (χ0v) is 19.1. The predicted octanol–water partition coefficient (Wildman–Crippen LogP) is 5.44. The molecule has 1 fully saturated rings. The van der Waals surface area contributed by atoms with E-state index in [0.29, 0.717) is 31.7 Å². The topological polar surface area (TPSA) is 80.3 Å². The van der Waals surface area contributed by atoms with Gasteiger partial charge in [-0.2, -0.15) is 17.6 Å². The number of benzene rings is 2. The van der Waals surface area contributed by atoms with Crippen LogP contribution in [0.1, 0.15) is 41.6 Å². The highest BCUT2D eigenvalue weighted by Gasteiger charge is 2.42. The summed E-state index contributed by atoms with van der Waals surface area (Å²) in [6, 6.07) is 10.8. The summed E-state index contributed by atoms with van der Waals surface area (Å²) in [6.07, 6.45) is -3.08. The maximum Gasteiger partial charge on any atom is 0.491 e. The summed E-state index contributed by atoms with van der Waals surface area (Å²) in [7, 11) is 0. The number of anilines is 1. The number of hydrogen-bond donors (Lipinski definition) is 2. The van der Waals surface area contributed by atoms with E-state index in [1.807, 2.05) is 37.3 Å². The Kier molecular flexibility index (Phi) is 7.09. The van der Waals surface area contributed by atoms with Crippen molar-refractivity contribution >= 4 is 28.6 Å². The van der Waals surface area contributed by atoms with Gasteiger partial charge in [-0.15, -0.1) is 0 Å². The Bertz CT molecular complexity index is 1300. The van der Waals surface area contributed by atoms with E-state index < -0.39 is 41.0 Å². The fourth-order valence-electron chi connectivity index (χ4n) is 4.24. The standard InChI is InChI=1S/C25H22F5N3O3/c1-13-12-20(33-19-5-3-2-4-16(13)19)31-14-6-8-15(9-7-14)32-23(34)17-10-11-18(26)21(27)22(17)36-24(35)25(28,29)30/h2-5,10-12,14-15H,6-9H2,1H3,(H,31,33)(H,32,34). The molecule has 0 bridgehead atoms. The third-order valence-corrected chi connectivity index (χ3v) is 6.06. The van der Waals surface area contributed by atoms with Gasteiger partial charge in [-0.25, -0.2) is 14.2 Å². The average molecular weight is 507 g/mol. The summed E-state index contributed by atoms with van der Waals surface area (Å²) in [5.41, 5.74) is 1.25. The highest BCUT2D eigenvalue weighted by molar-refractivity contribution is 5.98. The monoisotopic (exact) mass is 507 g/mol. The Labute approximate surface area is 202 Å². The van der Waals surface area contributed by atoms with Gasteiger partial charge in [-0.05, 0) is 62.4 Å². The van der Waals surface area contributed by atoms with E-state index in [9.17, 15) is 31.5 Å². The second-order valence-corrected chi connectivity index (χ2v) is 8.63. The number of amides is 1. The van der Waals surface area contributed by atoms with Crippen LogP contribution in [0.25, 0.3) is 10.9 Å². The van der Waals surface area contributed by atoms with Gasteiger partial charge in [0, 0.05) is 17.5 Å². The van der Waals surface area contributed by atoms with Crippen LogP contribution in [0.5, 0.6) is 5.75 Å². The molecule has 0 atom stereocenters. The fourth-order valence-corrected chi connectivity index (χ4v) is 4.24. The lowest BCUT2D eigenvalue weighted by molar-refractivity contribution is -0.189. The first kappa shape index (κ1) is 25.3. The van der Waals surface area contributed by atoms with Gasteiger partial charge in [0.2, 0.25) is 5.82 Å². The van der Waals surface area contributed by atoms with Gasteiger partial charge in [-0.1, -0.05) is 18.2 Å². The molecule has 2 N–H and O–H groups in total. The number of nitrogens with zero attached hydrogens (tertiary/aromatic N) is 1. The van der Waals surface area contributed by atoms with Gasteiger partial charge >= 0.3 is 12.1 Å². The number of para-hydroxylation sites is 1. The predicted molar refractivity (Wildman–Crippen MR) is 122 cm³/mol. The van der Waals surface area contributed by atoms with Crippen LogP contribution in [0.15, 0.2) is 42.5 Å². The molecule has 6 nitrogen and oxygen atoms in total. The number of rotatable bonds is 5. The van der Waals surface area contributed by atoms with Crippen LogP contribution >= 0.6 is 0 Å². The molecule has 0 aliphatic heterocycles. The van der Waals surface area contributed by atoms with Gasteiger partial charge in [0.1, 0.15) is 5.82 Å². The number of hydrogen-bond acceptors (Lipinski definition) is 5. The quantitative estimate of drug-likeness (QED) is 0.273. The zero-order valence-electron chi connectivity index (χ0n) is 19.1. The van der Waals surface area contributed by atoms with Crippen LogP contribution in [-0.2, 0) is 4.79 Å². The minimum absolute atomic E-state index is 0.0813. The Morgan fingerprint density at radius 2 is 1.67 bits per heavy atom. The fraction of sp³-hybridized carbons (Fsp3) is 0.320. The lowest BCUT2D eigenvalue weighted by Crippen LogP contribution is -2.40. The maximum absolute atomic E-state index is 14.1. The number of pyridine rings is 1. The smallest absolute Gasteiger partial charge is 0.416 e. The van der Waals surface area contributed by atoms with Gasteiger partial charge in [0.25, 0.3) is 5.91 Å². The molecule has 2 aromatic carbocycles. The normalized spacial score (nSPS) is 18.1. The van der Waals surface area contributed by atoms with Gasteiger partial charge in [0.05, 0.1) is 11.1 Å². The second kappa shape index (κ2) is 10.1. The number of alkyl halides is 3. The van der Waals surface area contributed by atoms with Gasteiger partial charge in [-0.3, -0.25) is 4.79 Å². The number of aryl methyl sites for hydroxylation is 1. The summed E-state index contributed by atoms with van der Waals surface area (Å²) in [5.74, 6) is -7.81. The van der Waals surface area contributed by atoms with E-state index >= 15 is 0 Å². The Hall–Kier alpha value is -3.76. The van der Waals surface area contributed by atoms with E-state index in [-0.39, 0.29) is 12.1 Å². The number of fused-ring (bicyclic) bond motifs is 1. The average Bonchev–Trinajstić information content (AvgIpc) is 2.82.